The highest BCUT2D eigenvalue weighted by atomic mass is 32.2. The lowest BCUT2D eigenvalue weighted by molar-refractivity contribution is -0.284. The molecule has 0 aliphatic rings. The van der Waals surface area contributed by atoms with Crippen LogP contribution in [-0.2, 0) is 0 Å². The molecule has 0 aliphatic carbocycles. The van der Waals surface area contributed by atoms with Crippen LogP contribution >= 0.6 is 11.8 Å². The molecule has 0 atom stereocenters. The zero-order valence-electron chi connectivity index (χ0n) is 6.42. The summed E-state index contributed by atoms with van der Waals surface area (Å²) in [7, 11) is 0. The van der Waals surface area contributed by atoms with E-state index in [1.165, 1.54) is 11.8 Å². The van der Waals surface area contributed by atoms with Gasteiger partial charge in [-0.15, -0.1) is 0 Å². The van der Waals surface area contributed by atoms with Gasteiger partial charge in [-0.25, -0.2) is 0 Å². The minimum absolute atomic E-state index is 0.117. The van der Waals surface area contributed by atoms with E-state index in [0.29, 0.717) is 5.75 Å². The molecule has 0 N–H and O–H groups in total. The average Bonchev–Trinajstić information content (AvgIpc) is 1.85. The molecule has 6 heteroatoms. The molecule has 74 valence electrons. The third-order valence-electron chi connectivity index (χ3n) is 1.25. The van der Waals surface area contributed by atoms with Gasteiger partial charge in [-0.2, -0.15) is 33.7 Å². The number of rotatable bonds is 4. The van der Waals surface area contributed by atoms with Gasteiger partial charge in [-0.05, 0) is 18.4 Å². The number of halogens is 5. The van der Waals surface area contributed by atoms with Crippen molar-refractivity contribution < 1.29 is 22.0 Å². The molecule has 0 aliphatic heterocycles. The summed E-state index contributed by atoms with van der Waals surface area (Å²) in [6.07, 6.45) is -4.97. The Morgan fingerprint density at radius 2 is 1.58 bits per heavy atom. The van der Waals surface area contributed by atoms with Crippen LogP contribution in [0.15, 0.2) is 0 Å². The Balaban J connectivity index is 3.88. The summed E-state index contributed by atoms with van der Waals surface area (Å²) in [5.41, 5.74) is 0. The van der Waals surface area contributed by atoms with Gasteiger partial charge in [0.05, 0.1) is 0 Å². The van der Waals surface area contributed by atoms with Gasteiger partial charge in [0.25, 0.3) is 0 Å². The quantitative estimate of drug-likeness (QED) is 0.504. The van der Waals surface area contributed by atoms with Gasteiger partial charge in [-0.3, -0.25) is 0 Å². The second-order valence-electron chi connectivity index (χ2n) is 2.30. The smallest absolute Gasteiger partial charge is 0.196 e. The summed E-state index contributed by atoms with van der Waals surface area (Å²) < 4.78 is 58.8. The van der Waals surface area contributed by atoms with Gasteiger partial charge in [0.2, 0.25) is 0 Å². The molecule has 0 bridgehead atoms. The molecule has 0 amide bonds. The molecule has 0 spiro atoms. The minimum atomic E-state index is -5.40. The van der Waals surface area contributed by atoms with Crippen LogP contribution in [0.2, 0.25) is 0 Å². The van der Waals surface area contributed by atoms with Gasteiger partial charge in [0.15, 0.2) is 0 Å². The van der Waals surface area contributed by atoms with E-state index in [1.54, 1.807) is 6.26 Å². The molecule has 0 heterocycles. The van der Waals surface area contributed by atoms with Crippen LogP contribution < -0.4 is 0 Å². The van der Waals surface area contributed by atoms with Crippen molar-refractivity contribution in [2.75, 3.05) is 12.0 Å². The molecule has 0 saturated carbocycles. The molecule has 0 saturated heterocycles. The summed E-state index contributed by atoms with van der Waals surface area (Å²) in [5.74, 6) is -4.20. The SMILES string of the molecule is CSCCCC(F)(F)C(F)(F)F. The fourth-order valence-corrected chi connectivity index (χ4v) is 1.01. The molecular formula is C6H9F5S. The predicted molar refractivity (Wildman–Crippen MR) is 38.6 cm³/mol. The molecule has 0 nitrogen and oxygen atoms in total. The van der Waals surface area contributed by atoms with Crippen molar-refractivity contribution in [3.8, 4) is 0 Å². The molecular weight excluding hydrogens is 199 g/mol. The standard InChI is InChI=1S/C6H9F5S/c1-12-4-2-3-5(7,8)6(9,10)11/h2-4H2,1H3. The maximum Gasteiger partial charge on any atom is 0.453 e. The van der Waals surface area contributed by atoms with Crippen LogP contribution in [0.25, 0.3) is 0 Å². The Kier molecular flexibility index (Phi) is 4.30. The van der Waals surface area contributed by atoms with Crippen LogP contribution in [0.4, 0.5) is 22.0 Å². The van der Waals surface area contributed by atoms with Crippen molar-refractivity contribution >= 4 is 11.8 Å². The Morgan fingerprint density at radius 1 is 1.08 bits per heavy atom. The van der Waals surface area contributed by atoms with E-state index in [0.717, 1.165) is 0 Å². The third kappa shape index (κ3) is 3.60. The van der Waals surface area contributed by atoms with Crippen molar-refractivity contribution in [2.24, 2.45) is 0 Å². The molecule has 12 heavy (non-hydrogen) atoms. The highest BCUT2D eigenvalue weighted by molar-refractivity contribution is 7.98. The first-order valence-corrected chi connectivity index (χ1v) is 4.64. The fourth-order valence-electron chi connectivity index (χ4n) is 0.580. The average molecular weight is 208 g/mol. The van der Waals surface area contributed by atoms with E-state index in [1.807, 2.05) is 0 Å². The lowest BCUT2D eigenvalue weighted by Gasteiger charge is -2.18. The maximum absolute atomic E-state index is 12.1. The van der Waals surface area contributed by atoms with Gasteiger partial charge in [0.1, 0.15) is 0 Å². The zero-order valence-corrected chi connectivity index (χ0v) is 7.24. The topological polar surface area (TPSA) is 0 Å². The molecule has 0 fully saturated rings. The summed E-state index contributed by atoms with van der Waals surface area (Å²) in [4.78, 5) is 0. The van der Waals surface area contributed by atoms with Crippen LogP contribution in [0.1, 0.15) is 12.8 Å². The maximum atomic E-state index is 12.1. The van der Waals surface area contributed by atoms with E-state index >= 15 is 0 Å². The highest BCUT2D eigenvalue weighted by Crippen LogP contribution is 2.38. The van der Waals surface area contributed by atoms with E-state index in [-0.39, 0.29) is 6.42 Å². The first-order valence-electron chi connectivity index (χ1n) is 3.25. The second kappa shape index (κ2) is 4.30. The zero-order chi connectivity index (χ0) is 9.83. The van der Waals surface area contributed by atoms with Gasteiger partial charge in [0, 0.05) is 6.42 Å². The van der Waals surface area contributed by atoms with Gasteiger partial charge < -0.3 is 0 Å². The van der Waals surface area contributed by atoms with Crippen LogP contribution in [-0.4, -0.2) is 24.1 Å². The molecule has 0 aromatic heterocycles. The second-order valence-corrected chi connectivity index (χ2v) is 3.28. The van der Waals surface area contributed by atoms with Gasteiger partial charge in [-0.1, -0.05) is 0 Å². The number of hydrogen-bond donors (Lipinski definition) is 0. The van der Waals surface area contributed by atoms with Crippen molar-refractivity contribution in [3.05, 3.63) is 0 Å². The Morgan fingerprint density at radius 3 is 1.92 bits per heavy atom. The van der Waals surface area contributed by atoms with Crippen molar-refractivity contribution in [1.29, 1.82) is 0 Å². The molecule has 0 aromatic rings. The molecule has 0 aromatic carbocycles. The van der Waals surface area contributed by atoms with Gasteiger partial charge >= 0.3 is 12.1 Å². The monoisotopic (exact) mass is 208 g/mol. The largest absolute Gasteiger partial charge is 0.453 e. The first kappa shape index (κ1) is 12.0. The Bertz CT molecular complexity index is 130. The van der Waals surface area contributed by atoms with E-state index in [4.69, 9.17) is 0 Å². The van der Waals surface area contributed by atoms with E-state index in [2.05, 4.69) is 0 Å². The minimum Gasteiger partial charge on any atom is -0.196 e. The van der Waals surface area contributed by atoms with Crippen LogP contribution in [0.3, 0.4) is 0 Å². The molecule has 0 unspecified atom stereocenters. The van der Waals surface area contributed by atoms with Crippen LogP contribution in [0.5, 0.6) is 0 Å². The van der Waals surface area contributed by atoms with E-state index in [9.17, 15) is 22.0 Å². The van der Waals surface area contributed by atoms with Crippen molar-refractivity contribution in [2.45, 2.75) is 24.9 Å². The lowest BCUT2D eigenvalue weighted by atomic mass is 10.2. The summed E-state index contributed by atoms with van der Waals surface area (Å²) in [6, 6.07) is 0. The molecule has 0 rings (SSSR count). The number of thioether (sulfide) groups is 1. The summed E-state index contributed by atoms with van der Waals surface area (Å²) in [6.45, 7) is 0. The summed E-state index contributed by atoms with van der Waals surface area (Å²) in [5, 5.41) is 0. The predicted octanol–water partition coefficient (Wildman–Crippen LogP) is 3.33. The third-order valence-corrected chi connectivity index (χ3v) is 1.95. The summed E-state index contributed by atoms with van der Waals surface area (Å²) >= 11 is 1.25. The van der Waals surface area contributed by atoms with Crippen molar-refractivity contribution in [1.82, 2.24) is 0 Å². The number of alkyl halides is 5. The van der Waals surface area contributed by atoms with Crippen molar-refractivity contribution in [3.63, 3.8) is 0 Å². The highest BCUT2D eigenvalue weighted by Gasteiger charge is 2.56. The fraction of sp³-hybridized carbons (Fsp3) is 1.00. The van der Waals surface area contributed by atoms with Crippen LogP contribution in [0, 0.1) is 0 Å². The first-order chi connectivity index (χ1) is 5.31. The Hall–Kier alpha value is -0.0000000000000000555. The molecule has 0 radical (unpaired) electrons. The number of hydrogen-bond acceptors (Lipinski definition) is 1. The normalized spacial score (nSPS) is 13.5. The lowest BCUT2D eigenvalue weighted by Crippen LogP contribution is -2.36. The Labute approximate surface area is 71.5 Å². The van der Waals surface area contributed by atoms with E-state index < -0.39 is 18.5 Å².